The molecule has 0 bridgehead atoms. The molecule has 1 aromatic rings. The lowest BCUT2D eigenvalue weighted by atomic mass is 10.2. The van der Waals surface area contributed by atoms with E-state index in [9.17, 15) is 0 Å². The van der Waals surface area contributed by atoms with Crippen LogP contribution in [-0.2, 0) is 4.74 Å². The summed E-state index contributed by atoms with van der Waals surface area (Å²) in [5.74, 6) is 2.13. The van der Waals surface area contributed by atoms with Crippen LogP contribution in [0.1, 0.15) is 27.2 Å². The number of rotatable bonds is 9. The predicted molar refractivity (Wildman–Crippen MR) is 94.9 cm³/mol. The van der Waals surface area contributed by atoms with Gasteiger partial charge in [-0.05, 0) is 39.3 Å². The van der Waals surface area contributed by atoms with Gasteiger partial charge in [0.05, 0.1) is 19.8 Å². The maximum Gasteiger partial charge on any atom is 0.195 e. The molecule has 0 unspecified atom stereocenters. The largest absolute Gasteiger partial charge is 0.493 e. The number of guanidine groups is 1. The van der Waals surface area contributed by atoms with Crippen molar-refractivity contribution in [2.75, 3.05) is 39.2 Å². The molecule has 0 aliphatic heterocycles. The van der Waals surface area contributed by atoms with Crippen molar-refractivity contribution in [2.24, 2.45) is 4.99 Å². The second-order valence-electron chi connectivity index (χ2n) is 5.20. The van der Waals surface area contributed by atoms with Crippen LogP contribution in [-0.4, -0.2) is 46.0 Å². The molecule has 130 valence electrons. The molecule has 0 fully saturated rings. The first-order chi connectivity index (χ1) is 11.1. The zero-order valence-electron chi connectivity index (χ0n) is 14.8. The van der Waals surface area contributed by atoms with Crippen LogP contribution in [0.3, 0.4) is 0 Å². The second-order valence-corrected chi connectivity index (χ2v) is 5.20. The highest BCUT2D eigenvalue weighted by Gasteiger charge is 2.06. The molecule has 0 radical (unpaired) electrons. The maximum absolute atomic E-state index is 5.58. The predicted octanol–water partition coefficient (Wildman–Crippen LogP) is 2.90. The Labute approximate surface area is 139 Å². The van der Waals surface area contributed by atoms with Gasteiger partial charge in [-0.25, -0.2) is 0 Å². The molecule has 0 heterocycles. The number of methoxy groups -OCH3 is 1. The summed E-state index contributed by atoms with van der Waals surface area (Å²) in [6, 6.07) is 5.70. The fourth-order valence-corrected chi connectivity index (χ4v) is 1.94. The van der Waals surface area contributed by atoms with Crippen molar-refractivity contribution in [3.63, 3.8) is 0 Å². The molecule has 0 aliphatic carbocycles. The van der Waals surface area contributed by atoms with E-state index in [-0.39, 0.29) is 6.10 Å². The fraction of sp³-hybridized carbons (Fsp3) is 0.588. The zero-order valence-corrected chi connectivity index (χ0v) is 14.8. The molecule has 6 nitrogen and oxygen atoms in total. The van der Waals surface area contributed by atoms with Crippen molar-refractivity contribution in [1.82, 2.24) is 5.32 Å². The molecule has 2 N–H and O–H groups in total. The van der Waals surface area contributed by atoms with Crippen LogP contribution in [0, 0.1) is 0 Å². The highest BCUT2D eigenvalue weighted by atomic mass is 16.5. The van der Waals surface area contributed by atoms with Gasteiger partial charge in [0.15, 0.2) is 17.5 Å². The fourth-order valence-electron chi connectivity index (χ4n) is 1.94. The van der Waals surface area contributed by atoms with E-state index in [0.717, 1.165) is 25.3 Å². The molecule has 23 heavy (non-hydrogen) atoms. The van der Waals surface area contributed by atoms with Crippen LogP contribution in [0.2, 0.25) is 0 Å². The van der Waals surface area contributed by atoms with Crippen molar-refractivity contribution in [1.29, 1.82) is 0 Å². The van der Waals surface area contributed by atoms with E-state index < -0.39 is 0 Å². The maximum atomic E-state index is 5.58. The molecule has 0 aliphatic rings. The van der Waals surface area contributed by atoms with Crippen molar-refractivity contribution in [2.45, 2.75) is 33.3 Å². The van der Waals surface area contributed by atoms with Crippen molar-refractivity contribution in [3.8, 4) is 11.5 Å². The van der Waals surface area contributed by atoms with Gasteiger partial charge in [0.1, 0.15) is 0 Å². The number of hydrogen-bond donors (Lipinski definition) is 2. The van der Waals surface area contributed by atoms with Gasteiger partial charge in [0.25, 0.3) is 0 Å². The highest BCUT2D eigenvalue weighted by molar-refractivity contribution is 5.93. The Bertz CT molecular complexity index is 490. The van der Waals surface area contributed by atoms with Gasteiger partial charge in [-0.1, -0.05) is 0 Å². The number of aliphatic imine (C=N–C) groups is 1. The average molecular weight is 323 g/mol. The molecule has 1 rings (SSSR count). The van der Waals surface area contributed by atoms with E-state index in [1.54, 1.807) is 14.2 Å². The summed E-state index contributed by atoms with van der Waals surface area (Å²) < 4.78 is 16.4. The Kier molecular flexibility index (Phi) is 8.90. The lowest BCUT2D eigenvalue weighted by molar-refractivity contribution is 0.0777. The van der Waals surface area contributed by atoms with Gasteiger partial charge in [-0.15, -0.1) is 0 Å². The van der Waals surface area contributed by atoms with Crippen LogP contribution in [0.5, 0.6) is 11.5 Å². The molecular weight excluding hydrogens is 294 g/mol. The van der Waals surface area contributed by atoms with E-state index in [1.165, 1.54) is 0 Å². The number of hydrogen-bond acceptors (Lipinski definition) is 4. The SMILES string of the molecule is CCOc1cc(NC(=NC)NCCCOC(C)C)ccc1OC. The van der Waals surface area contributed by atoms with Gasteiger partial charge in [-0.3, -0.25) is 4.99 Å². The van der Waals surface area contributed by atoms with E-state index >= 15 is 0 Å². The molecule has 1 aromatic carbocycles. The van der Waals surface area contributed by atoms with Crippen molar-refractivity contribution in [3.05, 3.63) is 18.2 Å². The first-order valence-corrected chi connectivity index (χ1v) is 8.00. The van der Waals surface area contributed by atoms with Gasteiger partial charge in [0, 0.05) is 32.0 Å². The lowest BCUT2D eigenvalue weighted by Gasteiger charge is -2.15. The Hall–Kier alpha value is -1.95. The Balaban J connectivity index is 2.53. The Morgan fingerprint density at radius 2 is 2.04 bits per heavy atom. The first kappa shape index (κ1) is 19.1. The van der Waals surface area contributed by atoms with E-state index in [0.29, 0.717) is 24.1 Å². The first-order valence-electron chi connectivity index (χ1n) is 8.00. The minimum atomic E-state index is 0.267. The minimum absolute atomic E-state index is 0.267. The monoisotopic (exact) mass is 323 g/mol. The standard InChI is InChI=1S/C17H29N3O3/c1-6-22-16-12-14(8-9-15(16)21-5)20-17(18-4)19-10-7-11-23-13(2)3/h8-9,12-13H,6-7,10-11H2,1-5H3,(H2,18,19,20). The molecule has 0 saturated heterocycles. The summed E-state index contributed by atoms with van der Waals surface area (Å²) in [5.41, 5.74) is 0.890. The molecule has 0 amide bonds. The normalized spacial score (nSPS) is 11.5. The quantitative estimate of drug-likeness (QED) is 0.416. The van der Waals surface area contributed by atoms with Gasteiger partial charge in [0.2, 0.25) is 0 Å². The average Bonchev–Trinajstić information content (AvgIpc) is 2.53. The molecule has 0 atom stereocenters. The van der Waals surface area contributed by atoms with Crippen LogP contribution in [0.15, 0.2) is 23.2 Å². The van der Waals surface area contributed by atoms with E-state index in [4.69, 9.17) is 14.2 Å². The Morgan fingerprint density at radius 1 is 1.26 bits per heavy atom. The minimum Gasteiger partial charge on any atom is -0.493 e. The summed E-state index contributed by atoms with van der Waals surface area (Å²) >= 11 is 0. The van der Waals surface area contributed by atoms with Crippen LogP contribution in [0.4, 0.5) is 5.69 Å². The molecular formula is C17H29N3O3. The summed E-state index contributed by atoms with van der Waals surface area (Å²) in [6.45, 7) is 8.13. The summed E-state index contributed by atoms with van der Waals surface area (Å²) in [6.07, 6.45) is 1.19. The second kappa shape index (κ2) is 10.7. The number of ether oxygens (including phenoxy) is 3. The van der Waals surface area contributed by atoms with Crippen LogP contribution in [0.25, 0.3) is 0 Å². The summed E-state index contributed by atoms with van der Waals surface area (Å²) in [4.78, 5) is 4.22. The van der Waals surface area contributed by atoms with Crippen LogP contribution < -0.4 is 20.1 Å². The third-order valence-electron chi connectivity index (χ3n) is 3.01. The molecule has 0 saturated carbocycles. The van der Waals surface area contributed by atoms with E-state index in [2.05, 4.69) is 15.6 Å². The molecule has 0 aromatic heterocycles. The van der Waals surface area contributed by atoms with Crippen molar-refractivity contribution < 1.29 is 14.2 Å². The summed E-state index contributed by atoms with van der Waals surface area (Å²) in [5, 5.41) is 6.50. The van der Waals surface area contributed by atoms with Gasteiger partial charge < -0.3 is 24.8 Å². The van der Waals surface area contributed by atoms with E-state index in [1.807, 2.05) is 39.0 Å². The molecule has 0 spiro atoms. The third kappa shape index (κ3) is 7.23. The number of nitrogens with zero attached hydrogens (tertiary/aromatic N) is 1. The number of nitrogens with one attached hydrogen (secondary N) is 2. The third-order valence-corrected chi connectivity index (χ3v) is 3.01. The van der Waals surface area contributed by atoms with Crippen LogP contribution >= 0.6 is 0 Å². The Morgan fingerprint density at radius 3 is 2.65 bits per heavy atom. The highest BCUT2D eigenvalue weighted by Crippen LogP contribution is 2.30. The smallest absolute Gasteiger partial charge is 0.195 e. The van der Waals surface area contributed by atoms with Crippen molar-refractivity contribution >= 4 is 11.6 Å². The lowest BCUT2D eigenvalue weighted by Crippen LogP contribution is -2.32. The summed E-state index contributed by atoms with van der Waals surface area (Å²) in [7, 11) is 3.37. The number of benzene rings is 1. The van der Waals surface area contributed by atoms with Gasteiger partial charge in [-0.2, -0.15) is 0 Å². The zero-order chi connectivity index (χ0) is 17.1. The number of anilines is 1. The molecule has 6 heteroatoms. The topological polar surface area (TPSA) is 64.1 Å². The van der Waals surface area contributed by atoms with Gasteiger partial charge >= 0.3 is 0 Å².